The smallest absolute Gasteiger partial charge is 0.263 e. The lowest BCUT2D eigenvalue weighted by atomic mass is 9.96. The van der Waals surface area contributed by atoms with E-state index in [0.717, 1.165) is 12.8 Å². The molecule has 2 aromatic rings. The molecule has 0 bridgehead atoms. The second-order valence-corrected chi connectivity index (χ2v) is 7.14. The fourth-order valence-corrected chi connectivity index (χ4v) is 3.66. The first-order valence-electron chi connectivity index (χ1n) is 8.29. The summed E-state index contributed by atoms with van der Waals surface area (Å²) in [4.78, 5) is 38.8. The van der Waals surface area contributed by atoms with Gasteiger partial charge >= 0.3 is 0 Å². The fraction of sp³-hybridized carbons (Fsp3) is 0.316. The number of hydrogen-bond acceptors (Lipinski definition) is 4. The standard InChI is InChI=1S/C19H20N2O3S/c1-13(22)14-6-8-16(9-7-14)20-18(23)15-4-2-10-21(12-15)19(24)17-5-3-11-25-17/h3,5-9,11,15H,2,4,10,12H2,1H3,(H,20,23)/t15-/m1/s1. The Labute approximate surface area is 150 Å². The Morgan fingerprint density at radius 2 is 1.92 bits per heavy atom. The van der Waals surface area contributed by atoms with Crippen LogP contribution < -0.4 is 5.32 Å². The number of Topliss-reactive ketones (excluding diaryl/α,β-unsaturated/α-hetero) is 1. The quantitative estimate of drug-likeness (QED) is 0.854. The van der Waals surface area contributed by atoms with E-state index in [1.54, 1.807) is 29.2 Å². The molecule has 2 heterocycles. The van der Waals surface area contributed by atoms with E-state index in [2.05, 4.69) is 5.32 Å². The number of ketones is 1. The van der Waals surface area contributed by atoms with Gasteiger partial charge in [-0.2, -0.15) is 0 Å². The van der Waals surface area contributed by atoms with Crippen LogP contribution in [0, 0.1) is 5.92 Å². The highest BCUT2D eigenvalue weighted by Gasteiger charge is 2.29. The highest BCUT2D eigenvalue weighted by molar-refractivity contribution is 7.12. The Hall–Kier alpha value is -2.47. The number of carbonyl (C=O) groups excluding carboxylic acids is 3. The van der Waals surface area contributed by atoms with Crippen LogP contribution in [-0.2, 0) is 4.79 Å². The summed E-state index contributed by atoms with van der Waals surface area (Å²) >= 11 is 1.42. The van der Waals surface area contributed by atoms with Gasteiger partial charge in [0.25, 0.3) is 5.91 Å². The second-order valence-electron chi connectivity index (χ2n) is 6.19. The largest absolute Gasteiger partial charge is 0.337 e. The van der Waals surface area contributed by atoms with Crippen molar-refractivity contribution in [3.63, 3.8) is 0 Å². The van der Waals surface area contributed by atoms with E-state index in [1.807, 2.05) is 17.5 Å². The van der Waals surface area contributed by atoms with E-state index < -0.39 is 0 Å². The van der Waals surface area contributed by atoms with Crippen molar-refractivity contribution in [3.8, 4) is 0 Å². The Bertz CT molecular complexity index is 768. The van der Waals surface area contributed by atoms with Gasteiger partial charge in [-0.3, -0.25) is 14.4 Å². The van der Waals surface area contributed by atoms with Crippen molar-refractivity contribution in [2.45, 2.75) is 19.8 Å². The summed E-state index contributed by atoms with van der Waals surface area (Å²) in [7, 11) is 0. The van der Waals surface area contributed by atoms with Crippen LogP contribution in [0.15, 0.2) is 41.8 Å². The number of benzene rings is 1. The van der Waals surface area contributed by atoms with Crippen molar-refractivity contribution in [3.05, 3.63) is 52.2 Å². The minimum Gasteiger partial charge on any atom is -0.337 e. The van der Waals surface area contributed by atoms with Crippen LogP contribution in [-0.4, -0.2) is 35.6 Å². The molecular formula is C19H20N2O3S. The summed E-state index contributed by atoms with van der Waals surface area (Å²) in [6.45, 7) is 2.64. The molecule has 0 saturated carbocycles. The van der Waals surface area contributed by atoms with E-state index in [-0.39, 0.29) is 23.5 Å². The van der Waals surface area contributed by atoms with Gasteiger partial charge in [0.1, 0.15) is 0 Å². The monoisotopic (exact) mass is 356 g/mol. The third kappa shape index (κ3) is 4.14. The van der Waals surface area contributed by atoms with Crippen molar-refractivity contribution in [1.82, 2.24) is 4.90 Å². The Kier molecular flexibility index (Phi) is 5.28. The maximum atomic E-state index is 12.5. The zero-order valence-electron chi connectivity index (χ0n) is 14.0. The van der Waals surface area contributed by atoms with Gasteiger partial charge in [-0.1, -0.05) is 6.07 Å². The topological polar surface area (TPSA) is 66.5 Å². The molecule has 0 aliphatic carbocycles. The van der Waals surface area contributed by atoms with Gasteiger partial charge in [0.15, 0.2) is 5.78 Å². The maximum Gasteiger partial charge on any atom is 0.263 e. The number of nitrogens with one attached hydrogen (secondary N) is 1. The number of anilines is 1. The van der Waals surface area contributed by atoms with E-state index in [4.69, 9.17) is 0 Å². The molecular weight excluding hydrogens is 336 g/mol. The normalized spacial score (nSPS) is 17.2. The molecule has 6 heteroatoms. The fourth-order valence-electron chi connectivity index (χ4n) is 2.96. The van der Waals surface area contributed by atoms with Crippen LogP contribution in [0.4, 0.5) is 5.69 Å². The zero-order valence-corrected chi connectivity index (χ0v) is 14.8. The average Bonchev–Trinajstić information content (AvgIpc) is 3.16. The average molecular weight is 356 g/mol. The van der Waals surface area contributed by atoms with Crippen molar-refractivity contribution < 1.29 is 14.4 Å². The number of amides is 2. The molecule has 1 saturated heterocycles. The van der Waals surface area contributed by atoms with Crippen LogP contribution in [0.3, 0.4) is 0 Å². The predicted octanol–water partition coefficient (Wildman–Crippen LogP) is 3.44. The van der Waals surface area contributed by atoms with Gasteiger partial charge in [-0.25, -0.2) is 0 Å². The molecule has 0 unspecified atom stereocenters. The molecule has 130 valence electrons. The van der Waals surface area contributed by atoms with E-state index in [0.29, 0.717) is 29.2 Å². The first-order valence-corrected chi connectivity index (χ1v) is 9.17. The second kappa shape index (κ2) is 7.61. The lowest BCUT2D eigenvalue weighted by molar-refractivity contribution is -0.121. The Morgan fingerprint density at radius 1 is 1.16 bits per heavy atom. The number of hydrogen-bond donors (Lipinski definition) is 1. The lowest BCUT2D eigenvalue weighted by Crippen LogP contribution is -2.43. The maximum absolute atomic E-state index is 12.5. The van der Waals surface area contributed by atoms with Crippen molar-refractivity contribution in [2.24, 2.45) is 5.92 Å². The van der Waals surface area contributed by atoms with Crippen molar-refractivity contribution >= 4 is 34.6 Å². The summed E-state index contributed by atoms with van der Waals surface area (Å²) in [5.74, 6) is -0.310. The summed E-state index contributed by atoms with van der Waals surface area (Å²) in [5, 5.41) is 4.77. The van der Waals surface area contributed by atoms with Gasteiger partial charge in [0.05, 0.1) is 10.8 Å². The Balaban J connectivity index is 1.61. The number of rotatable bonds is 4. The molecule has 0 spiro atoms. The van der Waals surface area contributed by atoms with Crippen LogP contribution in [0.5, 0.6) is 0 Å². The van der Waals surface area contributed by atoms with E-state index in [9.17, 15) is 14.4 Å². The molecule has 3 rings (SSSR count). The summed E-state index contributed by atoms with van der Waals surface area (Å²) in [6, 6.07) is 10.5. The summed E-state index contributed by atoms with van der Waals surface area (Å²) in [5.41, 5.74) is 1.28. The van der Waals surface area contributed by atoms with Gasteiger partial charge in [0, 0.05) is 24.3 Å². The van der Waals surface area contributed by atoms with E-state index in [1.165, 1.54) is 18.3 Å². The number of likely N-dealkylation sites (tertiary alicyclic amines) is 1. The van der Waals surface area contributed by atoms with Crippen LogP contribution in [0.1, 0.15) is 39.8 Å². The summed E-state index contributed by atoms with van der Waals surface area (Å²) < 4.78 is 0. The van der Waals surface area contributed by atoms with Crippen LogP contribution in [0.2, 0.25) is 0 Å². The SMILES string of the molecule is CC(=O)c1ccc(NC(=O)[C@@H]2CCCN(C(=O)c3cccs3)C2)cc1. The van der Waals surface area contributed by atoms with Crippen LogP contribution >= 0.6 is 11.3 Å². The molecule has 1 aromatic carbocycles. The van der Waals surface area contributed by atoms with Crippen molar-refractivity contribution in [1.29, 1.82) is 0 Å². The molecule has 0 radical (unpaired) electrons. The first kappa shape index (κ1) is 17.4. The molecule has 1 atom stereocenters. The number of thiophene rings is 1. The van der Waals surface area contributed by atoms with Crippen LogP contribution in [0.25, 0.3) is 0 Å². The molecule has 5 nitrogen and oxygen atoms in total. The third-order valence-electron chi connectivity index (χ3n) is 4.37. The lowest BCUT2D eigenvalue weighted by Gasteiger charge is -2.31. The molecule has 1 N–H and O–H groups in total. The predicted molar refractivity (Wildman–Crippen MR) is 98.0 cm³/mol. The number of nitrogens with zero attached hydrogens (tertiary/aromatic N) is 1. The highest BCUT2D eigenvalue weighted by atomic mass is 32.1. The zero-order chi connectivity index (χ0) is 17.8. The molecule has 25 heavy (non-hydrogen) atoms. The third-order valence-corrected chi connectivity index (χ3v) is 5.23. The van der Waals surface area contributed by atoms with Gasteiger partial charge in [-0.05, 0) is 55.5 Å². The molecule has 1 aliphatic heterocycles. The Morgan fingerprint density at radius 3 is 2.56 bits per heavy atom. The molecule has 1 fully saturated rings. The first-order chi connectivity index (χ1) is 12.0. The van der Waals surface area contributed by atoms with Crippen molar-refractivity contribution in [2.75, 3.05) is 18.4 Å². The van der Waals surface area contributed by atoms with Gasteiger partial charge < -0.3 is 10.2 Å². The van der Waals surface area contributed by atoms with Gasteiger partial charge in [-0.15, -0.1) is 11.3 Å². The highest BCUT2D eigenvalue weighted by Crippen LogP contribution is 2.22. The minimum atomic E-state index is -0.217. The molecule has 2 amide bonds. The number of piperidine rings is 1. The van der Waals surface area contributed by atoms with E-state index >= 15 is 0 Å². The molecule has 1 aromatic heterocycles. The number of carbonyl (C=O) groups is 3. The molecule has 1 aliphatic rings. The summed E-state index contributed by atoms with van der Waals surface area (Å²) in [6.07, 6.45) is 1.59. The minimum absolute atomic E-state index is 0.00156. The van der Waals surface area contributed by atoms with Gasteiger partial charge in [0.2, 0.25) is 5.91 Å².